The lowest BCUT2D eigenvalue weighted by atomic mass is 10.0. The van der Waals surface area contributed by atoms with Crippen molar-refractivity contribution in [3.8, 4) is 11.5 Å². The molecule has 0 bridgehead atoms. The van der Waals surface area contributed by atoms with Gasteiger partial charge in [0.15, 0.2) is 0 Å². The van der Waals surface area contributed by atoms with E-state index in [1.807, 2.05) is 0 Å². The van der Waals surface area contributed by atoms with E-state index in [2.05, 4.69) is 33.7 Å². The van der Waals surface area contributed by atoms with Gasteiger partial charge in [0.2, 0.25) is 0 Å². The average molecular weight is 845 g/mol. The molecule has 2 aliphatic rings. The molecule has 2 N–H and O–H groups in total. The van der Waals surface area contributed by atoms with Crippen LogP contribution in [-0.2, 0) is 17.8 Å². The van der Waals surface area contributed by atoms with E-state index in [4.69, 9.17) is 51.1 Å². The van der Waals surface area contributed by atoms with Gasteiger partial charge in [-0.25, -0.2) is 0 Å². The Morgan fingerprint density at radius 3 is 1.18 bits per heavy atom. The fourth-order valence-electron chi connectivity index (χ4n) is 8.16. The van der Waals surface area contributed by atoms with Crippen LogP contribution >= 0.6 is 46.4 Å². The summed E-state index contributed by atoms with van der Waals surface area (Å²) in [7, 11) is 4.18. The average Bonchev–Trinajstić information content (AvgIpc) is 3.16. The van der Waals surface area contributed by atoms with Crippen molar-refractivity contribution >= 4 is 46.4 Å². The van der Waals surface area contributed by atoms with Crippen LogP contribution in [0.15, 0.2) is 24.3 Å². The second-order valence-electron chi connectivity index (χ2n) is 16.4. The molecule has 0 unspecified atom stereocenters. The van der Waals surface area contributed by atoms with Crippen LogP contribution in [0.25, 0.3) is 0 Å². The maximum absolute atomic E-state index is 10.1. The number of phenolic OH excluding ortho intramolecular Hbond substituents is 2. The molecule has 0 spiro atoms. The topological polar surface area (TPSA) is 62.7 Å². The highest BCUT2D eigenvalue weighted by Crippen LogP contribution is 2.32. The molecule has 0 atom stereocenters. The number of nitrogens with zero attached hydrogens (tertiary/aromatic N) is 4. The van der Waals surface area contributed by atoms with E-state index in [1.54, 1.807) is 12.1 Å². The Morgan fingerprint density at radius 1 is 0.509 bits per heavy atom. The number of aromatic hydroxyl groups is 2. The molecule has 7 nitrogen and oxygen atoms in total. The monoisotopic (exact) mass is 842 g/mol. The van der Waals surface area contributed by atoms with Gasteiger partial charge < -0.3 is 34.5 Å². The Hall–Kier alpha value is -1.00. The minimum absolute atomic E-state index is 0.214. The zero-order valence-corrected chi connectivity index (χ0v) is 36.9. The summed E-state index contributed by atoms with van der Waals surface area (Å²) in [5.74, 6) is 0.428. The fraction of sp³-hybridized carbons (Fsp3) is 0.727. The summed E-state index contributed by atoms with van der Waals surface area (Å²) < 4.78 is 6.62. The van der Waals surface area contributed by atoms with Crippen LogP contribution in [0.4, 0.5) is 0 Å². The first kappa shape index (κ1) is 46.7. The normalized spacial score (nSPS) is 16.6. The van der Waals surface area contributed by atoms with Gasteiger partial charge in [0.1, 0.15) is 11.5 Å². The molecule has 0 amide bonds. The number of rotatable bonds is 26. The molecule has 4 rings (SSSR count). The lowest BCUT2D eigenvalue weighted by molar-refractivity contribution is -0.0650. The second-order valence-corrected chi connectivity index (χ2v) is 18.1. The van der Waals surface area contributed by atoms with Gasteiger partial charge in [0.25, 0.3) is 0 Å². The molecule has 312 valence electrons. The van der Waals surface area contributed by atoms with E-state index >= 15 is 0 Å². The van der Waals surface area contributed by atoms with Crippen LogP contribution in [0.3, 0.4) is 0 Å². The van der Waals surface area contributed by atoms with Gasteiger partial charge >= 0.3 is 0 Å². The molecular weight excluding hydrogens is 774 g/mol. The molecule has 0 radical (unpaired) electrons. The van der Waals surface area contributed by atoms with E-state index < -0.39 is 0 Å². The highest BCUT2D eigenvalue weighted by molar-refractivity contribution is 6.42. The lowest BCUT2D eigenvalue weighted by Gasteiger charge is -2.37. The Labute approximate surface area is 353 Å². The maximum Gasteiger partial charge on any atom is 0.121 e. The molecule has 2 saturated heterocycles. The zero-order valence-electron chi connectivity index (χ0n) is 33.9. The van der Waals surface area contributed by atoms with Crippen LogP contribution in [0, 0.1) is 0 Å². The van der Waals surface area contributed by atoms with Gasteiger partial charge in [0.05, 0.1) is 32.3 Å². The summed E-state index contributed by atoms with van der Waals surface area (Å²) in [5.41, 5.74) is 1.65. The van der Waals surface area contributed by atoms with Crippen molar-refractivity contribution in [1.82, 2.24) is 19.6 Å². The number of halogens is 4. The summed E-state index contributed by atoms with van der Waals surface area (Å²) in [5, 5.41) is 22.0. The predicted molar refractivity (Wildman–Crippen MR) is 234 cm³/mol. The predicted octanol–water partition coefficient (Wildman–Crippen LogP) is 11.7. The molecule has 2 fully saturated rings. The molecule has 11 heteroatoms. The molecule has 2 aliphatic heterocycles. The molecule has 0 aromatic heterocycles. The molecule has 55 heavy (non-hydrogen) atoms. The second kappa shape index (κ2) is 26.2. The van der Waals surface area contributed by atoms with Crippen LogP contribution in [0.1, 0.15) is 127 Å². The van der Waals surface area contributed by atoms with Gasteiger partial charge in [-0.3, -0.25) is 0 Å². The first-order chi connectivity index (χ1) is 26.6. The van der Waals surface area contributed by atoms with Crippen molar-refractivity contribution in [3.63, 3.8) is 0 Å². The quantitative estimate of drug-likeness (QED) is 0.0915. The maximum atomic E-state index is 10.1. The zero-order chi connectivity index (χ0) is 39.4. The molecule has 2 aromatic rings. The Morgan fingerprint density at radius 2 is 0.818 bits per heavy atom. The standard InChI is InChI=1S/C44H70Cl4N4O3/c1-49(33-35-29-39(45)41(47)31-43(35)53)21-13-9-5-3-7-11-15-23-51-25-17-37(18-26-51)55-38-19-27-52(28-20-38)24-16-12-8-4-6-10-14-22-50(2)34-36-30-40(46)42(48)32-44(36)54/h29-32,37-38,53-54H,3-28,33-34H2,1-2H3. The van der Waals surface area contributed by atoms with E-state index in [0.29, 0.717) is 45.4 Å². The summed E-state index contributed by atoms with van der Waals surface area (Å²) in [6, 6.07) is 6.60. The SMILES string of the molecule is CN(CCCCCCCCCN1CCC(OC2CCN(CCCCCCCCCN(C)Cc3cc(Cl)c(Cl)cc3O)CC2)CC1)Cc1cc(Cl)c(Cl)cc1O. The molecular formula is C44H70Cl4N4O3. The Balaban J connectivity index is 0.895. The summed E-state index contributed by atoms with van der Waals surface area (Å²) in [6.07, 6.45) is 23.8. The van der Waals surface area contributed by atoms with Crippen LogP contribution < -0.4 is 0 Å². The first-order valence-corrected chi connectivity index (χ1v) is 22.9. The van der Waals surface area contributed by atoms with Gasteiger partial charge in [-0.2, -0.15) is 0 Å². The minimum atomic E-state index is 0.214. The third kappa shape index (κ3) is 18.2. The largest absolute Gasteiger partial charge is 0.508 e. The number of likely N-dealkylation sites (tertiary alicyclic amines) is 2. The van der Waals surface area contributed by atoms with E-state index in [0.717, 1.165) is 24.2 Å². The van der Waals surface area contributed by atoms with Gasteiger partial charge in [-0.15, -0.1) is 0 Å². The fourth-order valence-corrected chi connectivity index (χ4v) is 8.85. The highest BCUT2D eigenvalue weighted by atomic mass is 35.5. The highest BCUT2D eigenvalue weighted by Gasteiger charge is 2.25. The number of unbranched alkanes of at least 4 members (excludes halogenated alkanes) is 12. The Kier molecular flexibility index (Phi) is 22.2. The van der Waals surface area contributed by atoms with Gasteiger partial charge in [-0.1, -0.05) is 111 Å². The lowest BCUT2D eigenvalue weighted by Crippen LogP contribution is -2.42. The number of piperidine rings is 2. The van der Waals surface area contributed by atoms with Gasteiger partial charge in [0, 0.05) is 62.5 Å². The smallest absolute Gasteiger partial charge is 0.121 e. The summed E-state index contributed by atoms with van der Waals surface area (Å²) >= 11 is 24.2. The van der Waals surface area contributed by atoms with E-state index in [-0.39, 0.29) is 11.5 Å². The number of benzene rings is 2. The molecule has 0 saturated carbocycles. The number of hydrogen-bond donors (Lipinski definition) is 2. The van der Waals surface area contributed by atoms with Crippen molar-refractivity contribution in [2.24, 2.45) is 0 Å². The summed E-state index contributed by atoms with van der Waals surface area (Å²) in [4.78, 5) is 9.81. The molecule has 2 heterocycles. The van der Waals surface area contributed by atoms with Crippen LogP contribution in [0.5, 0.6) is 11.5 Å². The van der Waals surface area contributed by atoms with E-state index in [9.17, 15) is 10.2 Å². The minimum Gasteiger partial charge on any atom is -0.508 e. The third-order valence-corrected chi connectivity index (χ3v) is 13.1. The Bertz CT molecular complexity index is 1270. The number of ether oxygens (including phenoxy) is 1. The number of phenols is 2. The third-order valence-electron chi connectivity index (χ3n) is 11.6. The van der Waals surface area contributed by atoms with Crippen molar-refractivity contribution in [2.45, 2.75) is 141 Å². The van der Waals surface area contributed by atoms with Gasteiger partial charge in [-0.05, 0) is 104 Å². The van der Waals surface area contributed by atoms with Crippen LogP contribution in [-0.4, -0.2) is 108 Å². The van der Waals surface area contributed by atoms with Crippen molar-refractivity contribution in [2.75, 3.05) is 66.5 Å². The van der Waals surface area contributed by atoms with Crippen molar-refractivity contribution < 1.29 is 14.9 Å². The molecule has 0 aliphatic carbocycles. The first-order valence-electron chi connectivity index (χ1n) is 21.4. The molecule has 2 aromatic carbocycles. The van der Waals surface area contributed by atoms with E-state index in [1.165, 1.54) is 167 Å². The van der Waals surface area contributed by atoms with Crippen molar-refractivity contribution in [3.05, 3.63) is 55.5 Å². The number of hydrogen-bond acceptors (Lipinski definition) is 7. The summed E-state index contributed by atoms with van der Waals surface area (Å²) in [6.45, 7) is 10.6. The van der Waals surface area contributed by atoms with Crippen LogP contribution in [0.2, 0.25) is 20.1 Å². The van der Waals surface area contributed by atoms with Crippen molar-refractivity contribution in [1.29, 1.82) is 0 Å².